The van der Waals surface area contributed by atoms with Gasteiger partial charge in [0, 0.05) is 35.8 Å². The molecule has 0 aromatic heterocycles. The molecule has 0 spiro atoms. The second-order valence-electron chi connectivity index (χ2n) is 7.76. The third-order valence-corrected chi connectivity index (χ3v) is 6.61. The Balaban J connectivity index is 1.46. The van der Waals surface area contributed by atoms with E-state index in [4.69, 9.17) is 0 Å². The highest BCUT2D eigenvalue weighted by Crippen LogP contribution is 2.42. The second-order valence-corrected chi connectivity index (χ2v) is 8.84. The van der Waals surface area contributed by atoms with E-state index < -0.39 is 5.82 Å². The number of halogens is 1. The Bertz CT molecular complexity index is 1200. The second kappa shape index (κ2) is 11.0. The zero-order valence-electron chi connectivity index (χ0n) is 18.9. The summed E-state index contributed by atoms with van der Waals surface area (Å²) in [6, 6.07) is 23.8. The molecule has 2 amide bonds. The maximum Gasteiger partial charge on any atom is 0.265 e. The first kappa shape index (κ1) is 23.6. The van der Waals surface area contributed by atoms with Crippen LogP contribution in [0.1, 0.15) is 12.5 Å². The van der Waals surface area contributed by atoms with Crippen LogP contribution in [0.15, 0.2) is 88.7 Å². The molecular formula is C27H26FN3O2S. The molecule has 0 aliphatic carbocycles. The molecular weight excluding hydrogens is 449 g/mol. The number of fused-ring (bicyclic) bond motifs is 1. The predicted octanol–water partition coefficient (Wildman–Crippen LogP) is 4.95. The molecule has 0 saturated heterocycles. The van der Waals surface area contributed by atoms with E-state index in [9.17, 15) is 14.0 Å². The van der Waals surface area contributed by atoms with Gasteiger partial charge in [-0.3, -0.25) is 14.5 Å². The number of nitrogens with zero attached hydrogens (tertiary/aromatic N) is 2. The van der Waals surface area contributed by atoms with Crippen molar-refractivity contribution in [3.05, 3.63) is 95.1 Å². The number of carbonyl (C=O) groups excluding carboxylic acids is 2. The van der Waals surface area contributed by atoms with Crippen molar-refractivity contribution in [2.75, 3.05) is 36.0 Å². The summed E-state index contributed by atoms with van der Waals surface area (Å²) in [7, 11) is 0. The van der Waals surface area contributed by atoms with Gasteiger partial charge in [-0.2, -0.15) is 0 Å². The van der Waals surface area contributed by atoms with E-state index in [2.05, 4.69) is 17.1 Å². The van der Waals surface area contributed by atoms with E-state index in [0.717, 1.165) is 17.1 Å². The topological polar surface area (TPSA) is 52.7 Å². The fourth-order valence-electron chi connectivity index (χ4n) is 3.79. The van der Waals surface area contributed by atoms with E-state index in [-0.39, 0.29) is 18.4 Å². The lowest BCUT2D eigenvalue weighted by molar-refractivity contribution is -0.122. The fourth-order valence-corrected chi connectivity index (χ4v) is 4.84. The van der Waals surface area contributed by atoms with E-state index in [0.29, 0.717) is 29.2 Å². The standard InChI is InChI=1S/C27H26FN3O2S/c1-2-30(21-11-4-3-5-12-21)17-16-29-26(32)19-31-23-14-8-9-15-24(23)34-25(27(31)33)18-20-10-6-7-13-22(20)28/h3-15,18H,2,16-17,19H2,1H3,(H,29,32). The monoisotopic (exact) mass is 475 g/mol. The van der Waals surface area contributed by atoms with E-state index in [1.165, 1.54) is 22.7 Å². The maximum atomic E-state index is 14.2. The van der Waals surface area contributed by atoms with Gasteiger partial charge in [0.1, 0.15) is 12.4 Å². The van der Waals surface area contributed by atoms with Crippen molar-refractivity contribution in [2.45, 2.75) is 11.8 Å². The lowest BCUT2D eigenvalue weighted by atomic mass is 10.2. The molecule has 7 heteroatoms. The van der Waals surface area contributed by atoms with Crippen LogP contribution in [0, 0.1) is 5.82 Å². The van der Waals surface area contributed by atoms with Gasteiger partial charge in [0.15, 0.2) is 0 Å². The zero-order chi connectivity index (χ0) is 23.9. The van der Waals surface area contributed by atoms with E-state index in [1.54, 1.807) is 24.3 Å². The van der Waals surface area contributed by atoms with Crippen molar-refractivity contribution in [3.8, 4) is 0 Å². The minimum atomic E-state index is -0.398. The first-order valence-electron chi connectivity index (χ1n) is 11.2. The molecule has 0 radical (unpaired) electrons. The molecule has 174 valence electrons. The van der Waals surface area contributed by atoms with Gasteiger partial charge in [-0.05, 0) is 43.3 Å². The minimum Gasteiger partial charge on any atom is -0.370 e. The van der Waals surface area contributed by atoms with Crippen molar-refractivity contribution in [1.29, 1.82) is 0 Å². The van der Waals surface area contributed by atoms with Crippen LogP contribution in [0.5, 0.6) is 0 Å². The smallest absolute Gasteiger partial charge is 0.265 e. The summed E-state index contributed by atoms with van der Waals surface area (Å²) in [6.07, 6.45) is 1.54. The summed E-state index contributed by atoms with van der Waals surface area (Å²) in [4.78, 5) is 30.9. The van der Waals surface area contributed by atoms with Crippen LogP contribution in [0.2, 0.25) is 0 Å². The number of nitrogens with one attached hydrogen (secondary N) is 1. The SMILES string of the molecule is CCN(CCNC(=O)CN1C(=O)C(=Cc2ccccc2F)Sc2ccccc21)c1ccccc1. The summed E-state index contributed by atoms with van der Waals surface area (Å²) in [5.41, 5.74) is 2.11. The highest BCUT2D eigenvalue weighted by molar-refractivity contribution is 8.04. The average Bonchev–Trinajstić information content (AvgIpc) is 2.86. The Kier molecular flexibility index (Phi) is 7.65. The summed E-state index contributed by atoms with van der Waals surface area (Å²) >= 11 is 1.29. The molecule has 3 aromatic carbocycles. The van der Waals surface area contributed by atoms with Gasteiger partial charge < -0.3 is 10.2 Å². The number of para-hydroxylation sites is 2. The third kappa shape index (κ3) is 5.48. The maximum absolute atomic E-state index is 14.2. The van der Waals surface area contributed by atoms with Crippen molar-refractivity contribution in [2.24, 2.45) is 0 Å². The molecule has 1 aliphatic rings. The molecule has 0 bridgehead atoms. The first-order valence-corrected chi connectivity index (χ1v) is 12.0. The van der Waals surface area contributed by atoms with Gasteiger partial charge >= 0.3 is 0 Å². The zero-order valence-corrected chi connectivity index (χ0v) is 19.7. The molecule has 1 heterocycles. The lowest BCUT2D eigenvalue weighted by Crippen LogP contribution is -2.44. The van der Waals surface area contributed by atoms with Crippen molar-refractivity contribution < 1.29 is 14.0 Å². The van der Waals surface area contributed by atoms with Gasteiger partial charge in [-0.1, -0.05) is 60.3 Å². The Morgan fingerprint density at radius 2 is 1.74 bits per heavy atom. The number of likely N-dealkylation sites (N-methyl/N-ethyl adjacent to an activating group) is 1. The van der Waals surface area contributed by atoms with Crippen molar-refractivity contribution in [3.63, 3.8) is 0 Å². The molecule has 0 atom stereocenters. The van der Waals surface area contributed by atoms with Crippen LogP contribution in [0.3, 0.4) is 0 Å². The summed E-state index contributed by atoms with van der Waals surface area (Å²) in [5.74, 6) is -0.962. The van der Waals surface area contributed by atoms with Gasteiger partial charge in [-0.15, -0.1) is 0 Å². The molecule has 34 heavy (non-hydrogen) atoms. The number of rotatable bonds is 8. The number of thioether (sulfide) groups is 1. The van der Waals surface area contributed by atoms with Crippen LogP contribution < -0.4 is 15.1 Å². The molecule has 3 aromatic rings. The van der Waals surface area contributed by atoms with Crippen LogP contribution in [0.25, 0.3) is 6.08 Å². The van der Waals surface area contributed by atoms with Crippen molar-refractivity contribution in [1.82, 2.24) is 5.32 Å². The molecule has 0 fully saturated rings. The number of anilines is 2. The first-order chi connectivity index (χ1) is 16.6. The van der Waals surface area contributed by atoms with E-state index in [1.807, 2.05) is 54.6 Å². The Morgan fingerprint density at radius 3 is 2.50 bits per heavy atom. The third-order valence-electron chi connectivity index (χ3n) is 5.53. The molecule has 0 unspecified atom stereocenters. The van der Waals surface area contributed by atoms with Crippen LogP contribution in [0.4, 0.5) is 15.8 Å². The quantitative estimate of drug-likeness (QED) is 0.469. The molecule has 5 nitrogen and oxygen atoms in total. The average molecular weight is 476 g/mol. The molecule has 1 aliphatic heterocycles. The van der Waals surface area contributed by atoms with Gasteiger partial charge in [0.2, 0.25) is 5.91 Å². The lowest BCUT2D eigenvalue weighted by Gasteiger charge is -2.30. The van der Waals surface area contributed by atoms with E-state index >= 15 is 0 Å². The summed E-state index contributed by atoms with van der Waals surface area (Å²) < 4.78 is 14.2. The van der Waals surface area contributed by atoms with Gasteiger partial charge in [0.05, 0.1) is 10.6 Å². The minimum absolute atomic E-state index is 0.109. The predicted molar refractivity (Wildman–Crippen MR) is 136 cm³/mol. The number of carbonyl (C=O) groups is 2. The molecule has 4 rings (SSSR count). The number of hydrogen-bond acceptors (Lipinski definition) is 4. The Hall–Kier alpha value is -3.58. The number of benzene rings is 3. The van der Waals surface area contributed by atoms with Crippen LogP contribution in [-0.4, -0.2) is 38.0 Å². The summed E-state index contributed by atoms with van der Waals surface area (Å²) in [5, 5.41) is 2.93. The number of hydrogen-bond donors (Lipinski definition) is 1. The summed E-state index contributed by atoms with van der Waals surface area (Å²) in [6.45, 7) is 3.89. The normalized spacial score (nSPS) is 14.1. The Morgan fingerprint density at radius 1 is 1.03 bits per heavy atom. The number of amides is 2. The van der Waals surface area contributed by atoms with Gasteiger partial charge in [-0.25, -0.2) is 4.39 Å². The largest absolute Gasteiger partial charge is 0.370 e. The van der Waals surface area contributed by atoms with Crippen molar-refractivity contribution >= 4 is 41.0 Å². The Labute approximate surface area is 203 Å². The van der Waals surface area contributed by atoms with Crippen LogP contribution in [-0.2, 0) is 9.59 Å². The fraction of sp³-hybridized carbons (Fsp3) is 0.185. The van der Waals surface area contributed by atoms with Crippen LogP contribution >= 0.6 is 11.8 Å². The molecule has 0 saturated carbocycles. The van der Waals surface area contributed by atoms with Gasteiger partial charge in [0.25, 0.3) is 5.91 Å². The highest BCUT2D eigenvalue weighted by Gasteiger charge is 2.30. The highest BCUT2D eigenvalue weighted by atomic mass is 32.2. The molecule has 1 N–H and O–H groups in total.